The van der Waals surface area contributed by atoms with Gasteiger partial charge in [0.1, 0.15) is 4.88 Å². The fourth-order valence-electron chi connectivity index (χ4n) is 3.76. The van der Waals surface area contributed by atoms with Crippen LogP contribution >= 0.6 is 22.9 Å². The van der Waals surface area contributed by atoms with Gasteiger partial charge < -0.3 is 5.32 Å². The number of carbonyl (C=O) groups excluding carboxylic acids is 1. The highest BCUT2D eigenvalue weighted by molar-refractivity contribution is 7.21. The van der Waals surface area contributed by atoms with Crippen LogP contribution in [0.3, 0.4) is 0 Å². The zero-order chi connectivity index (χ0) is 21.8. The first-order valence-electron chi connectivity index (χ1n) is 9.34. The first-order valence-corrected chi connectivity index (χ1v) is 10.5. The van der Waals surface area contributed by atoms with Crippen LogP contribution in [0.4, 0.5) is 18.9 Å². The lowest BCUT2D eigenvalue weighted by Gasteiger charge is -2.09. The molecule has 1 aromatic heterocycles. The largest absolute Gasteiger partial charge is 0.417 e. The highest BCUT2D eigenvalue weighted by Gasteiger charge is 2.35. The SMILES string of the molecule is O=C(Nc1ccc2ccc3ccccc3c2c1)c1sc2cccc(C(F)(F)F)c2c1Cl. The number of fused-ring (bicyclic) bond motifs is 4. The summed E-state index contributed by atoms with van der Waals surface area (Å²) in [6.07, 6.45) is -4.56. The van der Waals surface area contributed by atoms with E-state index >= 15 is 0 Å². The van der Waals surface area contributed by atoms with Crippen LogP contribution < -0.4 is 5.32 Å². The van der Waals surface area contributed by atoms with Gasteiger partial charge in [0, 0.05) is 15.8 Å². The molecule has 0 unspecified atom stereocenters. The first kappa shape index (κ1) is 19.8. The molecule has 4 aromatic carbocycles. The van der Waals surface area contributed by atoms with Crippen molar-refractivity contribution in [2.45, 2.75) is 6.18 Å². The number of carbonyl (C=O) groups is 1. The first-order chi connectivity index (χ1) is 14.8. The quantitative estimate of drug-likeness (QED) is 0.267. The molecule has 5 aromatic rings. The molecule has 7 heteroatoms. The number of amides is 1. The molecule has 1 heterocycles. The number of alkyl halides is 3. The Morgan fingerprint density at radius 1 is 0.871 bits per heavy atom. The molecule has 2 nitrogen and oxygen atoms in total. The molecule has 0 bridgehead atoms. The number of nitrogens with one attached hydrogen (secondary N) is 1. The Kier molecular flexibility index (Phi) is 4.64. The Hall–Kier alpha value is -3.09. The Balaban J connectivity index is 1.56. The Bertz CT molecular complexity index is 1490. The predicted octanol–water partition coefficient (Wildman–Crippen LogP) is 8.13. The number of hydrogen-bond donors (Lipinski definition) is 1. The minimum absolute atomic E-state index is 0.0476. The Labute approximate surface area is 183 Å². The second kappa shape index (κ2) is 7.25. The van der Waals surface area contributed by atoms with Crippen LogP contribution in [0.2, 0.25) is 5.02 Å². The molecule has 1 N–H and O–H groups in total. The summed E-state index contributed by atoms with van der Waals surface area (Å²) in [5.41, 5.74) is -0.305. The highest BCUT2D eigenvalue weighted by atomic mass is 35.5. The standard InChI is InChI=1S/C24H13ClF3NOS/c25-21-20-18(24(26,27)28)6-3-7-19(20)31-22(21)23(30)29-15-11-10-14-9-8-13-4-1-2-5-16(13)17(14)12-15/h1-12H,(H,29,30). The minimum Gasteiger partial charge on any atom is -0.321 e. The van der Waals surface area contributed by atoms with Crippen LogP contribution in [0.1, 0.15) is 15.2 Å². The lowest BCUT2D eigenvalue weighted by molar-refractivity contribution is -0.136. The highest BCUT2D eigenvalue weighted by Crippen LogP contribution is 2.43. The van der Waals surface area contributed by atoms with E-state index in [9.17, 15) is 18.0 Å². The lowest BCUT2D eigenvalue weighted by Crippen LogP contribution is -2.10. The van der Waals surface area contributed by atoms with Gasteiger partial charge in [-0.2, -0.15) is 13.2 Å². The molecular formula is C24H13ClF3NOS. The van der Waals surface area contributed by atoms with E-state index in [1.165, 1.54) is 12.1 Å². The van der Waals surface area contributed by atoms with Gasteiger partial charge in [0.15, 0.2) is 0 Å². The minimum atomic E-state index is -4.56. The second-order valence-electron chi connectivity index (χ2n) is 7.10. The van der Waals surface area contributed by atoms with Crippen molar-refractivity contribution in [1.29, 1.82) is 0 Å². The van der Waals surface area contributed by atoms with Crippen LogP contribution in [0, 0.1) is 0 Å². The van der Waals surface area contributed by atoms with Crippen LogP contribution in [0.5, 0.6) is 0 Å². The van der Waals surface area contributed by atoms with Crippen molar-refractivity contribution in [3.05, 3.63) is 88.3 Å². The molecule has 0 aliphatic heterocycles. The number of benzene rings is 4. The molecule has 0 atom stereocenters. The van der Waals surface area contributed by atoms with Gasteiger partial charge in [-0.15, -0.1) is 11.3 Å². The van der Waals surface area contributed by atoms with Crippen molar-refractivity contribution in [1.82, 2.24) is 0 Å². The van der Waals surface area contributed by atoms with E-state index < -0.39 is 17.6 Å². The maximum Gasteiger partial charge on any atom is 0.417 e. The van der Waals surface area contributed by atoms with Gasteiger partial charge in [-0.3, -0.25) is 4.79 Å². The van der Waals surface area contributed by atoms with Gasteiger partial charge in [-0.05, 0) is 45.8 Å². The molecule has 5 rings (SSSR count). The number of halogens is 4. The zero-order valence-corrected chi connectivity index (χ0v) is 17.3. The predicted molar refractivity (Wildman–Crippen MR) is 121 cm³/mol. The van der Waals surface area contributed by atoms with E-state index in [-0.39, 0.29) is 15.3 Å². The van der Waals surface area contributed by atoms with E-state index in [4.69, 9.17) is 11.6 Å². The molecule has 154 valence electrons. The monoisotopic (exact) mass is 455 g/mol. The van der Waals surface area contributed by atoms with Gasteiger partial charge in [0.05, 0.1) is 10.6 Å². The molecule has 0 aliphatic carbocycles. The average molecular weight is 456 g/mol. The van der Waals surface area contributed by atoms with Crippen molar-refractivity contribution in [3.8, 4) is 0 Å². The summed E-state index contributed by atoms with van der Waals surface area (Å²) in [6, 6.07) is 21.3. The summed E-state index contributed by atoms with van der Waals surface area (Å²) >= 11 is 7.20. The smallest absolute Gasteiger partial charge is 0.321 e. The maximum atomic E-state index is 13.4. The van der Waals surface area contributed by atoms with Crippen molar-refractivity contribution in [3.63, 3.8) is 0 Å². The van der Waals surface area contributed by atoms with Gasteiger partial charge in [0.2, 0.25) is 0 Å². The molecule has 0 radical (unpaired) electrons. The summed E-state index contributed by atoms with van der Waals surface area (Å²) in [6.45, 7) is 0. The number of hydrogen-bond acceptors (Lipinski definition) is 2. The van der Waals surface area contributed by atoms with Crippen LogP contribution in [0.15, 0.2) is 72.8 Å². The van der Waals surface area contributed by atoms with Gasteiger partial charge in [0.25, 0.3) is 5.91 Å². The average Bonchev–Trinajstić information content (AvgIpc) is 3.10. The Morgan fingerprint density at radius 3 is 2.35 bits per heavy atom. The van der Waals surface area contributed by atoms with Crippen LogP contribution in [-0.4, -0.2) is 5.91 Å². The van der Waals surface area contributed by atoms with Crippen molar-refractivity contribution >= 4 is 66.2 Å². The zero-order valence-electron chi connectivity index (χ0n) is 15.8. The van der Waals surface area contributed by atoms with E-state index in [0.29, 0.717) is 10.4 Å². The van der Waals surface area contributed by atoms with E-state index in [2.05, 4.69) is 5.32 Å². The van der Waals surface area contributed by atoms with E-state index in [0.717, 1.165) is 38.9 Å². The Morgan fingerprint density at radius 2 is 1.58 bits per heavy atom. The second-order valence-corrected chi connectivity index (χ2v) is 8.53. The molecule has 0 saturated carbocycles. The fraction of sp³-hybridized carbons (Fsp3) is 0.0417. The summed E-state index contributed by atoms with van der Waals surface area (Å²) in [5.74, 6) is -0.543. The van der Waals surface area contributed by atoms with Gasteiger partial charge in [-0.1, -0.05) is 60.1 Å². The van der Waals surface area contributed by atoms with Crippen LogP contribution in [0.25, 0.3) is 31.6 Å². The van der Waals surface area contributed by atoms with Crippen molar-refractivity contribution < 1.29 is 18.0 Å². The lowest BCUT2D eigenvalue weighted by atomic mass is 10.0. The maximum absolute atomic E-state index is 13.4. The third kappa shape index (κ3) is 3.42. The van der Waals surface area contributed by atoms with Gasteiger partial charge >= 0.3 is 6.18 Å². The van der Waals surface area contributed by atoms with E-state index in [1.807, 2.05) is 48.5 Å². The molecule has 1 amide bonds. The number of anilines is 1. The normalized spacial score (nSPS) is 12.0. The third-order valence-electron chi connectivity index (χ3n) is 5.17. The summed E-state index contributed by atoms with van der Waals surface area (Å²) in [5, 5.41) is 6.57. The van der Waals surface area contributed by atoms with Crippen LogP contribution in [-0.2, 0) is 6.18 Å². The third-order valence-corrected chi connectivity index (χ3v) is 6.82. The summed E-state index contributed by atoms with van der Waals surface area (Å²) < 4.78 is 40.4. The van der Waals surface area contributed by atoms with E-state index in [1.54, 1.807) is 6.07 Å². The summed E-state index contributed by atoms with van der Waals surface area (Å²) in [4.78, 5) is 12.9. The molecule has 0 fully saturated rings. The molecule has 0 saturated heterocycles. The topological polar surface area (TPSA) is 29.1 Å². The fourth-order valence-corrected chi connectivity index (χ4v) is 5.24. The van der Waals surface area contributed by atoms with Crippen molar-refractivity contribution in [2.75, 3.05) is 5.32 Å². The van der Waals surface area contributed by atoms with Gasteiger partial charge in [-0.25, -0.2) is 0 Å². The summed E-state index contributed by atoms with van der Waals surface area (Å²) in [7, 11) is 0. The molecule has 31 heavy (non-hydrogen) atoms. The molecule has 0 spiro atoms. The van der Waals surface area contributed by atoms with Crippen molar-refractivity contribution in [2.24, 2.45) is 0 Å². The molecular weight excluding hydrogens is 443 g/mol. The number of thiophene rings is 1. The molecule has 0 aliphatic rings. The number of rotatable bonds is 2.